The minimum atomic E-state index is -0.216. The Kier molecular flexibility index (Phi) is 4.46. The molecule has 1 aromatic carbocycles. The summed E-state index contributed by atoms with van der Waals surface area (Å²) in [6, 6.07) is 9.89. The van der Waals surface area contributed by atoms with Crippen LogP contribution in [0.25, 0.3) is 0 Å². The molecule has 0 radical (unpaired) electrons. The first kappa shape index (κ1) is 15.1. The minimum absolute atomic E-state index is 0.0450. The zero-order chi connectivity index (χ0) is 15.5. The van der Waals surface area contributed by atoms with E-state index in [1.165, 1.54) is 12.8 Å². The minimum Gasteiger partial charge on any atom is -0.353 e. The average molecular weight is 300 g/mol. The second kappa shape index (κ2) is 6.51. The van der Waals surface area contributed by atoms with Crippen molar-refractivity contribution in [2.75, 3.05) is 11.4 Å². The van der Waals surface area contributed by atoms with E-state index in [9.17, 15) is 9.59 Å². The molecule has 2 fully saturated rings. The van der Waals surface area contributed by atoms with Crippen LogP contribution in [-0.2, 0) is 9.59 Å². The van der Waals surface area contributed by atoms with Crippen LogP contribution in [-0.4, -0.2) is 24.4 Å². The molecule has 1 saturated heterocycles. The lowest BCUT2D eigenvalue weighted by Gasteiger charge is -2.27. The Balaban J connectivity index is 1.57. The summed E-state index contributed by atoms with van der Waals surface area (Å²) in [5.41, 5.74) is 0.884. The Morgan fingerprint density at radius 2 is 1.82 bits per heavy atom. The Morgan fingerprint density at radius 1 is 1.14 bits per heavy atom. The molecule has 1 heterocycles. The van der Waals surface area contributed by atoms with Crippen molar-refractivity contribution >= 4 is 17.5 Å². The predicted octanol–water partition coefficient (Wildman–Crippen LogP) is 2.73. The number of benzene rings is 1. The second-order valence-corrected chi connectivity index (χ2v) is 6.71. The number of hydrogen-bond donors (Lipinski definition) is 1. The topological polar surface area (TPSA) is 49.4 Å². The molecule has 1 aliphatic carbocycles. The molecule has 0 aromatic heterocycles. The highest BCUT2D eigenvalue weighted by atomic mass is 16.2. The van der Waals surface area contributed by atoms with Gasteiger partial charge in [0.2, 0.25) is 11.8 Å². The van der Waals surface area contributed by atoms with Crippen molar-refractivity contribution in [2.45, 2.75) is 45.1 Å². The van der Waals surface area contributed by atoms with E-state index in [0.717, 1.165) is 24.4 Å². The number of para-hydroxylation sites is 1. The quantitative estimate of drug-likeness (QED) is 0.933. The fourth-order valence-corrected chi connectivity index (χ4v) is 3.46. The maximum Gasteiger partial charge on any atom is 0.227 e. The van der Waals surface area contributed by atoms with Crippen molar-refractivity contribution in [1.82, 2.24) is 5.32 Å². The third-order valence-electron chi connectivity index (χ3n) is 4.93. The Labute approximate surface area is 131 Å². The van der Waals surface area contributed by atoms with Gasteiger partial charge < -0.3 is 10.2 Å². The summed E-state index contributed by atoms with van der Waals surface area (Å²) in [5, 5.41) is 3.16. The Hall–Kier alpha value is -1.84. The first-order valence-electron chi connectivity index (χ1n) is 8.29. The number of nitrogens with one attached hydrogen (secondary N) is 1. The van der Waals surface area contributed by atoms with Gasteiger partial charge in [-0.25, -0.2) is 0 Å². The van der Waals surface area contributed by atoms with Crippen molar-refractivity contribution in [1.29, 1.82) is 0 Å². The van der Waals surface area contributed by atoms with Crippen LogP contribution >= 0.6 is 0 Å². The summed E-state index contributed by atoms with van der Waals surface area (Å²) in [7, 11) is 0. The van der Waals surface area contributed by atoms with Crippen molar-refractivity contribution in [3.8, 4) is 0 Å². The third-order valence-corrected chi connectivity index (χ3v) is 4.93. The smallest absolute Gasteiger partial charge is 0.227 e. The summed E-state index contributed by atoms with van der Waals surface area (Å²) in [4.78, 5) is 26.3. The van der Waals surface area contributed by atoms with Gasteiger partial charge >= 0.3 is 0 Å². The van der Waals surface area contributed by atoms with Gasteiger partial charge in [0, 0.05) is 24.7 Å². The van der Waals surface area contributed by atoms with Crippen molar-refractivity contribution in [3.05, 3.63) is 30.3 Å². The third kappa shape index (κ3) is 3.32. The number of nitrogens with zero attached hydrogens (tertiary/aromatic N) is 1. The largest absolute Gasteiger partial charge is 0.353 e. The first-order chi connectivity index (χ1) is 10.6. The zero-order valence-electron chi connectivity index (χ0n) is 13.1. The first-order valence-corrected chi connectivity index (χ1v) is 8.29. The van der Waals surface area contributed by atoms with Gasteiger partial charge in [0.15, 0.2) is 0 Å². The monoisotopic (exact) mass is 300 g/mol. The molecular formula is C18H24N2O2. The highest BCUT2D eigenvalue weighted by Gasteiger charge is 2.35. The lowest BCUT2D eigenvalue weighted by molar-refractivity contribution is -0.127. The summed E-state index contributed by atoms with van der Waals surface area (Å²) in [5.74, 6) is 0.650. The Bertz CT molecular complexity index is 535. The van der Waals surface area contributed by atoms with E-state index >= 15 is 0 Å². The predicted molar refractivity (Wildman–Crippen MR) is 86.5 cm³/mol. The van der Waals surface area contributed by atoms with Gasteiger partial charge in [-0.3, -0.25) is 9.59 Å². The number of hydrogen-bond acceptors (Lipinski definition) is 2. The van der Waals surface area contributed by atoms with E-state index in [1.807, 2.05) is 30.3 Å². The number of carbonyl (C=O) groups is 2. The van der Waals surface area contributed by atoms with Crippen LogP contribution in [0, 0.1) is 11.8 Å². The Morgan fingerprint density at radius 3 is 2.50 bits per heavy atom. The van der Waals surface area contributed by atoms with Crippen LogP contribution in [0.5, 0.6) is 0 Å². The van der Waals surface area contributed by atoms with E-state index in [4.69, 9.17) is 0 Å². The number of rotatable bonds is 3. The van der Waals surface area contributed by atoms with Crippen molar-refractivity contribution in [3.63, 3.8) is 0 Å². The zero-order valence-corrected chi connectivity index (χ0v) is 13.1. The maximum atomic E-state index is 12.4. The highest BCUT2D eigenvalue weighted by molar-refractivity contribution is 6.00. The summed E-state index contributed by atoms with van der Waals surface area (Å²) >= 11 is 0. The van der Waals surface area contributed by atoms with Gasteiger partial charge in [-0.2, -0.15) is 0 Å². The van der Waals surface area contributed by atoms with Crippen LogP contribution in [0.3, 0.4) is 0 Å². The van der Waals surface area contributed by atoms with Crippen LogP contribution in [0.15, 0.2) is 30.3 Å². The molecule has 1 aromatic rings. The van der Waals surface area contributed by atoms with Crippen LogP contribution in [0.1, 0.15) is 39.0 Å². The molecule has 1 N–H and O–H groups in total. The van der Waals surface area contributed by atoms with Gasteiger partial charge in [0.05, 0.1) is 5.92 Å². The van der Waals surface area contributed by atoms with Crippen LogP contribution < -0.4 is 10.2 Å². The summed E-state index contributed by atoms with van der Waals surface area (Å²) < 4.78 is 0. The van der Waals surface area contributed by atoms with Crippen molar-refractivity contribution in [2.24, 2.45) is 11.8 Å². The molecule has 1 aliphatic heterocycles. The molecule has 1 unspecified atom stereocenters. The highest BCUT2D eigenvalue weighted by Crippen LogP contribution is 2.27. The molecule has 3 rings (SSSR count). The molecule has 1 saturated carbocycles. The second-order valence-electron chi connectivity index (χ2n) is 6.71. The molecular weight excluding hydrogens is 276 g/mol. The van der Waals surface area contributed by atoms with Gasteiger partial charge in [-0.15, -0.1) is 0 Å². The normalized spacial score (nSPS) is 28.7. The van der Waals surface area contributed by atoms with E-state index < -0.39 is 0 Å². The van der Waals surface area contributed by atoms with Crippen LogP contribution in [0.2, 0.25) is 0 Å². The van der Waals surface area contributed by atoms with Gasteiger partial charge in [0.25, 0.3) is 0 Å². The van der Waals surface area contributed by atoms with E-state index in [-0.39, 0.29) is 17.7 Å². The van der Waals surface area contributed by atoms with Gasteiger partial charge in [-0.1, -0.05) is 25.1 Å². The molecule has 4 nitrogen and oxygen atoms in total. The van der Waals surface area contributed by atoms with E-state index in [2.05, 4.69) is 12.2 Å². The number of amides is 2. The standard InChI is InChI=1S/C18H24N2O2/c1-13-7-9-15(10-8-13)19-18(22)14-11-17(21)20(12-14)16-5-3-2-4-6-16/h2-6,13-15H,7-12H2,1H3,(H,19,22). The van der Waals surface area contributed by atoms with Crippen molar-refractivity contribution < 1.29 is 9.59 Å². The van der Waals surface area contributed by atoms with E-state index in [0.29, 0.717) is 19.0 Å². The molecule has 0 spiro atoms. The lowest BCUT2D eigenvalue weighted by atomic mass is 9.87. The SMILES string of the molecule is CC1CCC(NC(=O)C2CC(=O)N(c3ccccc3)C2)CC1. The molecule has 2 amide bonds. The fourth-order valence-electron chi connectivity index (χ4n) is 3.46. The van der Waals surface area contributed by atoms with Gasteiger partial charge in [-0.05, 0) is 43.7 Å². The fraction of sp³-hybridized carbons (Fsp3) is 0.556. The molecule has 4 heteroatoms. The molecule has 0 bridgehead atoms. The average Bonchev–Trinajstić information content (AvgIpc) is 2.92. The summed E-state index contributed by atoms with van der Waals surface area (Å²) in [6.45, 7) is 2.77. The molecule has 118 valence electrons. The summed E-state index contributed by atoms with van der Waals surface area (Å²) in [6.07, 6.45) is 4.82. The maximum absolute atomic E-state index is 12.4. The van der Waals surface area contributed by atoms with Crippen LogP contribution in [0.4, 0.5) is 5.69 Å². The number of carbonyl (C=O) groups excluding carboxylic acids is 2. The molecule has 2 aliphatic rings. The molecule has 22 heavy (non-hydrogen) atoms. The molecule has 1 atom stereocenters. The lowest BCUT2D eigenvalue weighted by Crippen LogP contribution is -2.41. The van der Waals surface area contributed by atoms with E-state index in [1.54, 1.807) is 4.90 Å². The number of anilines is 1. The van der Waals surface area contributed by atoms with Gasteiger partial charge in [0.1, 0.15) is 0 Å².